The Morgan fingerprint density at radius 1 is 1.07 bits per heavy atom. The highest BCUT2D eigenvalue weighted by Gasteiger charge is 2.52. The van der Waals surface area contributed by atoms with Gasteiger partial charge in [0.15, 0.2) is 0 Å². The summed E-state index contributed by atoms with van der Waals surface area (Å²) in [6.07, 6.45) is -1.94. The fraction of sp³-hybridized carbons (Fsp3) is 0.700. The van der Waals surface area contributed by atoms with Crippen molar-refractivity contribution < 1.29 is 32.0 Å². The van der Waals surface area contributed by atoms with E-state index in [1.807, 2.05) is 27.7 Å². The van der Waals surface area contributed by atoms with Gasteiger partial charge in [-0.3, -0.25) is 0 Å². The summed E-state index contributed by atoms with van der Waals surface area (Å²) < 4.78 is 63.5. The fourth-order valence-corrected chi connectivity index (χ4v) is 3.39. The molecule has 0 spiro atoms. The van der Waals surface area contributed by atoms with Crippen LogP contribution in [0.4, 0.5) is 13.2 Å². The van der Waals surface area contributed by atoms with Crippen LogP contribution in [0.1, 0.15) is 52.5 Å². The highest BCUT2D eigenvalue weighted by Crippen LogP contribution is 2.39. The Labute approximate surface area is 164 Å². The van der Waals surface area contributed by atoms with Crippen molar-refractivity contribution in [1.29, 1.82) is 0 Å². The molecule has 2 fully saturated rings. The van der Waals surface area contributed by atoms with Gasteiger partial charge in [0.05, 0.1) is 23.4 Å². The lowest BCUT2D eigenvalue weighted by atomic mass is 9.78. The van der Waals surface area contributed by atoms with Crippen LogP contribution in [-0.4, -0.2) is 38.1 Å². The van der Waals surface area contributed by atoms with Gasteiger partial charge in [-0.05, 0) is 70.5 Å². The summed E-state index contributed by atoms with van der Waals surface area (Å²) in [5.74, 6) is 0.284. The molecule has 8 heteroatoms. The maximum Gasteiger partial charge on any atom is 0.494 e. The van der Waals surface area contributed by atoms with E-state index in [2.05, 4.69) is 0 Å². The number of rotatable bonds is 5. The standard InChI is InChI=1S/C20H28BF3O4/c1-18(2)19(3,4)28-21(27-18)15-5-6-17(16(13-15)20(22,23)24)26-12-9-14-7-10-25-11-8-14/h5-6,13-14H,7-12H2,1-4H3. The minimum absolute atomic E-state index is 0.153. The van der Waals surface area contributed by atoms with Crippen molar-refractivity contribution in [2.45, 2.75) is 64.3 Å². The highest BCUT2D eigenvalue weighted by atomic mass is 19.4. The van der Waals surface area contributed by atoms with Gasteiger partial charge in [-0.25, -0.2) is 0 Å². The molecule has 28 heavy (non-hydrogen) atoms. The quantitative estimate of drug-likeness (QED) is 0.695. The zero-order valence-corrected chi connectivity index (χ0v) is 16.9. The Morgan fingerprint density at radius 3 is 2.25 bits per heavy atom. The van der Waals surface area contributed by atoms with E-state index in [0.717, 1.165) is 25.3 Å². The predicted octanol–water partition coefficient (Wildman–Crippen LogP) is 4.20. The second-order valence-electron chi connectivity index (χ2n) is 8.53. The van der Waals surface area contributed by atoms with Gasteiger partial charge in [-0.1, -0.05) is 6.07 Å². The molecule has 0 radical (unpaired) electrons. The summed E-state index contributed by atoms with van der Waals surface area (Å²) in [7, 11) is -0.845. The van der Waals surface area contributed by atoms with Crippen LogP contribution in [-0.2, 0) is 20.2 Å². The SMILES string of the molecule is CC1(C)OB(c2ccc(OCCC3CCOCC3)c(C(F)(F)F)c2)OC1(C)C. The van der Waals surface area contributed by atoms with Crippen LogP contribution >= 0.6 is 0 Å². The molecule has 0 saturated carbocycles. The number of hydrogen-bond donors (Lipinski definition) is 0. The van der Waals surface area contributed by atoms with Gasteiger partial charge in [0.1, 0.15) is 5.75 Å². The van der Waals surface area contributed by atoms with E-state index < -0.39 is 30.1 Å². The molecular weight excluding hydrogens is 372 g/mol. The molecule has 2 heterocycles. The second-order valence-corrected chi connectivity index (χ2v) is 8.53. The van der Waals surface area contributed by atoms with Crippen molar-refractivity contribution in [2.24, 2.45) is 5.92 Å². The Morgan fingerprint density at radius 2 is 1.68 bits per heavy atom. The predicted molar refractivity (Wildman–Crippen MR) is 101 cm³/mol. The number of benzene rings is 1. The van der Waals surface area contributed by atoms with E-state index in [0.29, 0.717) is 24.6 Å². The number of ether oxygens (including phenoxy) is 2. The van der Waals surface area contributed by atoms with E-state index in [1.54, 1.807) is 6.07 Å². The van der Waals surface area contributed by atoms with Crippen molar-refractivity contribution in [3.05, 3.63) is 23.8 Å². The Bertz CT molecular complexity index is 669. The largest absolute Gasteiger partial charge is 0.494 e. The number of hydrogen-bond acceptors (Lipinski definition) is 4. The Hall–Kier alpha value is -1.25. The van der Waals surface area contributed by atoms with Gasteiger partial charge < -0.3 is 18.8 Å². The molecule has 1 aromatic carbocycles. The summed E-state index contributed by atoms with van der Waals surface area (Å²) in [6, 6.07) is 4.03. The average molecular weight is 400 g/mol. The molecule has 0 unspecified atom stereocenters. The lowest BCUT2D eigenvalue weighted by molar-refractivity contribution is -0.138. The van der Waals surface area contributed by atoms with Crippen LogP contribution in [0.5, 0.6) is 5.75 Å². The first-order chi connectivity index (χ1) is 13.0. The molecule has 2 saturated heterocycles. The van der Waals surface area contributed by atoms with Gasteiger partial charge in [-0.2, -0.15) is 13.2 Å². The van der Waals surface area contributed by atoms with E-state index in [1.165, 1.54) is 6.07 Å². The lowest BCUT2D eigenvalue weighted by Crippen LogP contribution is -2.41. The molecule has 156 valence electrons. The van der Waals surface area contributed by atoms with Crippen LogP contribution in [0.2, 0.25) is 0 Å². The molecule has 0 atom stereocenters. The maximum absolute atomic E-state index is 13.6. The molecule has 0 aromatic heterocycles. The maximum atomic E-state index is 13.6. The smallest absolute Gasteiger partial charge is 0.493 e. The fourth-order valence-electron chi connectivity index (χ4n) is 3.39. The summed E-state index contributed by atoms with van der Waals surface area (Å²) in [6.45, 7) is 9.14. The van der Waals surface area contributed by atoms with Crippen LogP contribution in [0, 0.1) is 5.92 Å². The molecule has 1 aromatic rings. The van der Waals surface area contributed by atoms with Gasteiger partial charge in [-0.15, -0.1) is 0 Å². The van der Waals surface area contributed by atoms with Gasteiger partial charge >= 0.3 is 13.3 Å². The zero-order chi connectivity index (χ0) is 20.6. The minimum atomic E-state index is -4.52. The molecule has 0 bridgehead atoms. The lowest BCUT2D eigenvalue weighted by Gasteiger charge is -2.32. The molecule has 0 N–H and O–H groups in total. The van der Waals surface area contributed by atoms with Gasteiger partial charge in [0, 0.05) is 13.2 Å². The number of alkyl halides is 3. The Balaban J connectivity index is 1.73. The summed E-state index contributed by atoms with van der Waals surface area (Å²) >= 11 is 0. The van der Waals surface area contributed by atoms with E-state index >= 15 is 0 Å². The molecule has 0 aliphatic carbocycles. The first kappa shape index (κ1) is 21.5. The topological polar surface area (TPSA) is 36.9 Å². The molecule has 4 nitrogen and oxygen atoms in total. The molecule has 2 aliphatic rings. The number of halogens is 3. The van der Waals surface area contributed by atoms with Crippen molar-refractivity contribution in [1.82, 2.24) is 0 Å². The molecular formula is C20H28BF3O4. The van der Waals surface area contributed by atoms with E-state index in [9.17, 15) is 13.2 Å². The Kier molecular flexibility index (Phi) is 6.04. The summed E-state index contributed by atoms with van der Waals surface area (Å²) in [5, 5.41) is 0. The van der Waals surface area contributed by atoms with E-state index in [-0.39, 0.29) is 12.4 Å². The van der Waals surface area contributed by atoms with Crippen molar-refractivity contribution >= 4 is 12.6 Å². The highest BCUT2D eigenvalue weighted by molar-refractivity contribution is 6.62. The summed E-state index contributed by atoms with van der Waals surface area (Å²) in [5.41, 5.74) is -1.70. The second kappa shape index (κ2) is 7.88. The third kappa shape index (κ3) is 4.66. The van der Waals surface area contributed by atoms with Crippen LogP contribution in [0.25, 0.3) is 0 Å². The first-order valence-corrected chi connectivity index (χ1v) is 9.77. The third-order valence-electron chi connectivity index (χ3n) is 5.96. The molecule has 3 rings (SSSR count). The zero-order valence-electron chi connectivity index (χ0n) is 16.9. The summed E-state index contributed by atoms with van der Waals surface area (Å²) in [4.78, 5) is 0. The normalized spacial score (nSPS) is 22.5. The third-order valence-corrected chi connectivity index (χ3v) is 5.96. The van der Waals surface area contributed by atoms with Crippen LogP contribution in [0.15, 0.2) is 18.2 Å². The monoisotopic (exact) mass is 400 g/mol. The van der Waals surface area contributed by atoms with Gasteiger partial charge in [0.25, 0.3) is 0 Å². The average Bonchev–Trinajstić information content (AvgIpc) is 2.83. The van der Waals surface area contributed by atoms with Gasteiger partial charge in [0.2, 0.25) is 0 Å². The first-order valence-electron chi connectivity index (χ1n) is 9.77. The molecule has 2 aliphatic heterocycles. The van der Waals surface area contributed by atoms with Crippen LogP contribution in [0.3, 0.4) is 0 Å². The van der Waals surface area contributed by atoms with E-state index in [4.69, 9.17) is 18.8 Å². The molecule has 0 amide bonds. The van der Waals surface area contributed by atoms with Crippen LogP contribution < -0.4 is 10.2 Å². The van der Waals surface area contributed by atoms with Crippen molar-refractivity contribution in [3.63, 3.8) is 0 Å². The van der Waals surface area contributed by atoms with Crippen molar-refractivity contribution in [3.8, 4) is 5.75 Å². The van der Waals surface area contributed by atoms with Crippen molar-refractivity contribution in [2.75, 3.05) is 19.8 Å². The minimum Gasteiger partial charge on any atom is -0.493 e.